The Morgan fingerprint density at radius 1 is 0.902 bits per heavy atom. The summed E-state index contributed by atoms with van der Waals surface area (Å²) < 4.78 is 54.0. The van der Waals surface area contributed by atoms with Crippen LogP contribution in [0.3, 0.4) is 0 Å². The summed E-state index contributed by atoms with van der Waals surface area (Å²) in [6, 6.07) is 15.1. The normalized spacial score (nSPS) is 21.5. The first-order chi connectivity index (χ1) is 29.4. The van der Waals surface area contributed by atoms with Crippen LogP contribution in [-0.2, 0) is 33.6 Å². The van der Waals surface area contributed by atoms with Crippen LogP contribution in [0.15, 0.2) is 60.7 Å². The summed E-state index contributed by atoms with van der Waals surface area (Å²) in [4.78, 5) is 61.2. The Balaban J connectivity index is 0.800. The number of hydrogen-bond donors (Lipinski definition) is 3. The van der Waals surface area contributed by atoms with Crippen molar-refractivity contribution in [2.75, 3.05) is 64.5 Å². The van der Waals surface area contributed by atoms with Crippen molar-refractivity contribution in [3.63, 3.8) is 0 Å². The molecule has 4 heterocycles. The van der Waals surface area contributed by atoms with Crippen molar-refractivity contribution in [3.05, 3.63) is 88.5 Å². The molecule has 2 saturated heterocycles. The van der Waals surface area contributed by atoms with E-state index in [1.807, 2.05) is 22.8 Å². The van der Waals surface area contributed by atoms with Crippen LogP contribution < -0.4 is 15.4 Å². The van der Waals surface area contributed by atoms with Gasteiger partial charge in [0.05, 0.1) is 29.8 Å². The maximum absolute atomic E-state index is 13.4. The highest BCUT2D eigenvalue weighted by atomic mass is 19.4. The minimum atomic E-state index is -4.57. The molecule has 3 aromatic carbocycles. The number of nitrogens with one attached hydrogen (secondary N) is 2. The SMILES string of the molecule is O=C1CCC(N2Cc3cc(OCCOCCN4CCN(Cc5ccc6c(c5)nc(NC(=O)c5cccc(C(F)(F)F)c5)n6C5CCC(CO)CC5)CC4)ccc3C2=O)C(=O)N1. The maximum Gasteiger partial charge on any atom is 0.416 e. The molecule has 1 atom stereocenters. The number of ether oxygens (including phenoxy) is 2. The van der Waals surface area contributed by atoms with Crippen molar-refractivity contribution < 1.29 is 46.9 Å². The van der Waals surface area contributed by atoms with Crippen molar-refractivity contribution in [1.29, 1.82) is 0 Å². The highest BCUT2D eigenvalue weighted by Crippen LogP contribution is 2.37. The number of benzene rings is 3. The number of fused-ring (bicyclic) bond motifs is 2. The number of carbonyl (C=O) groups is 4. The summed E-state index contributed by atoms with van der Waals surface area (Å²) in [5.41, 5.74) is 2.92. The number of nitrogens with zero attached hydrogens (tertiary/aromatic N) is 5. The minimum absolute atomic E-state index is 0.0134. The number of aliphatic hydroxyl groups excluding tert-OH is 1. The molecule has 4 amide bonds. The molecule has 3 aliphatic heterocycles. The van der Waals surface area contributed by atoms with Gasteiger partial charge in [-0.15, -0.1) is 0 Å². The van der Waals surface area contributed by atoms with Crippen molar-refractivity contribution in [2.24, 2.45) is 5.92 Å². The number of alkyl halides is 3. The van der Waals surface area contributed by atoms with Crippen LogP contribution in [0.5, 0.6) is 5.75 Å². The van der Waals surface area contributed by atoms with E-state index < -0.39 is 29.6 Å². The molecule has 1 aliphatic carbocycles. The molecule has 61 heavy (non-hydrogen) atoms. The number of anilines is 1. The van der Waals surface area contributed by atoms with Gasteiger partial charge in [0.15, 0.2) is 0 Å². The molecule has 1 unspecified atom stereocenters. The molecule has 8 rings (SSSR count). The zero-order valence-corrected chi connectivity index (χ0v) is 33.8. The number of aliphatic hydroxyl groups is 1. The third kappa shape index (κ3) is 9.75. The van der Waals surface area contributed by atoms with Gasteiger partial charge in [0.25, 0.3) is 11.8 Å². The summed E-state index contributed by atoms with van der Waals surface area (Å²) in [5.74, 6) is -0.515. The van der Waals surface area contributed by atoms with E-state index in [-0.39, 0.29) is 48.9 Å². The molecule has 0 spiro atoms. The lowest BCUT2D eigenvalue weighted by molar-refractivity contribution is -0.138. The fourth-order valence-electron chi connectivity index (χ4n) is 8.88. The van der Waals surface area contributed by atoms with E-state index in [4.69, 9.17) is 14.5 Å². The Morgan fingerprint density at radius 2 is 1.69 bits per heavy atom. The third-order valence-corrected chi connectivity index (χ3v) is 12.3. The summed E-state index contributed by atoms with van der Waals surface area (Å²) in [7, 11) is 0. The van der Waals surface area contributed by atoms with Crippen molar-refractivity contribution in [2.45, 2.75) is 69.9 Å². The predicted molar refractivity (Wildman–Crippen MR) is 218 cm³/mol. The maximum atomic E-state index is 13.4. The zero-order chi connectivity index (χ0) is 42.7. The monoisotopic (exact) mass is 845 g/mol. The van der Waals surface area contributed by atoms with E-state index in [0.29, 0.717) is 55.6 Å². The fourth-order valence-corrected chi connectivity index (χ4v) is 8.88. The van der Waals surface area contributed by atoms with E-state index in [1.54, 1.807) is 12.1 Å². The highest BCUT2D eigenvalue weighted by molar-refractivity contribution is 6.06. The molecule has 3 N–H and O–H groups in total. The Morgan fingerprint density at radius 3 is 2.44 bits per heavy atom. The molecule has 0 radical (unpaired) electrons. The number of piperazine rings is 1. The molecular weight excluding hydrogens is 796 g/mol. The first-order valence-electron chi connectivity index (χ1n) is 21.0. The van der Waals surface area contributed by atoms with Crippen molar-refractivity contribution in [1.82, 2.24) is 29.6 Å². The molecule has 1 aromatic heterocycles. The van der Waals surface area contributed by atoms with E-state index in [2.05, 4.69) is 26.5 Å². The summed E-state index contributed by atoms with van der Waals surface area (Å²) >= 11 is 0. The Labute approximate surface area is 351 Å². The highest BCUT2D eigenvalue weighted by Gasteiger charge is 2.39. The largest absolute Gasteiger partial charge is 0.491 e. The van der Waals surface area contributed by atoms with Gasteiger partial charge in [0.1, 0.15) is 18.4 Å². The van der Waals surface area contributed by atoms with Gasteiger partial charge in [-0.3, -0.25) is 39.6 Å². The number of carbonyl (C=O) groups excluding carboxylic acids is 4. The Bertz CT molecular complexity index is 2270. The van der Waals surface area contributed by atoms with Gasteiger partial charge in [-0.25, -0.2) is 4.98 Å². The topological polar surface area (TPSA) is 159 Å². The van der Waals surface area contributed by atoms with Gasteiger partial charge in [-0.2, -0.15) is 13.2 Å². The number of hydrogen-bond acceptors (Lipinski definition) is 10. The average Bonchev–Trinajstić information content (AvgIpc) is 3.77. The second-order valence-corrected chi connectivity index (χ2v) is 16.3. The van der Waals surface area contributed by atoms with Gasteiger partial charge in [0, 0.05) is 76.0 Å². The quantitative estimate of drug-likeness (QED) is 0.117. The van der Waals surface area contributed by atoms with Crippen molar-refractivity contribution >= 4 is 40.6 Å². The molecular formula is C44H50F3N7O7. The molecule has 3 fully saturated rings. The van der Waals surface area contributed by atoms with E-state index in [0.717, 1.165) is 87.2 Å². The van der Waals surface area contributed by atoms with Crippen LogP contribution >= 0.6 is 0 Å². The molecule has 14 nitrogen and oxygen atoms in total. The number of halogens is 3. The van der Waals surface area contributed by atoms with Gasteiger partial charge in [-0.1, -0.05) is 12.1 Å². The van der Waals surface area contributed by atoms with Gasteiger partial charge >= 0.3 is 6.18 Å². The van der Waals surface area contributed by atoms with Gasteiger partial charge < -0.3 is 24.0 Å². The van der Waals surface area contributed by atoms with Crippen molar-refractivity contribution in [3.8, 4) is 5.75 Å². The van der Waals surface area contributed by atoms with E-state index in [1.165, 1.54) is 17.0 Å². The average molecular weight is 846 g/mol. The van der Waals surface area contributed by atoms with E-state index in [9.17, 15) is 37.5 Å². The lowest BCUT2D eigenvalue weighted by Gasteiger charge is -2.34. The first kappa shape index (κ1) is 42.3. The smallest absolute Gasteiger partial charge is 0.416 e. The number of imidazole rings is 1. The molecule has 324 valence electrons. The molecule has 4 aromatic rings. The summed E-state index contributed by atoms with van der Waals surface area (Å²) in [6.45, 7) is 6.68. The Kier molecular flexibility index (Phi) is 12.7. The molecule has 4 aliphatic rings. The van der Waals surface area contributed by atoms with E-state index >= 15 is 0 Å². The molecule has 1 saturated carbocycles. The second kappa shape index (κ2) is 18.3. The predicted octanol–water partition coefficient (Wildman–Crippen LogP) is 5.01. The van der Waals surface area contributed by atoms with Crippen LogP contribution in [-0.4, -0.2) is 118 Å². The third-order valence-electron chi connectivity index (χ3n) is 12.3. The summed E-state index contributed by atoms with van der Waals surface area (Å²) in [6.07, 6.45) is -0.846. The molecule has 17 heteroatoms. The number of rotatable bonds is 14. The minimum Gasteiger partial charge on any atom is -0.491 e. The van der Waals surface area contributed by atoms with Crippen LogP contribution in [0.25, 0.3) is 11.0 Å². The number of imide groups is 1. The first-order valence-corrected chi connectivity index (χ1v) is 21.0. The van der Waals surface area contributed by atoms with Gasteiger partial charge in [-0.05, 0) is 97.7 Å². The van der Waals surface area contributed by atoms with Gasteiger partial charge in [0.2, 0.25) is 17.8 Å². The lowest BCUT2D eigenvalue weighted by Crippen LogP contribution is -2.52. The molecule has 0 bridgehead atoms. The van der Waals surface area contributed by atoms with Crippen LogP contribution in [0.1, 0.15) is 82.0 Å². The zero-order valence-electron chi connectivity index (χ0n) is 33.8. The van der Waals surface area contributed by atoms with Crippen LogP contribution in [0, 0.1) is 5.92 Å². The number of amides is 4. The lowest BCUT2D eigenvalue weighted by atomic mass is 9.86. The number of aromatic nitrogens is 2. The standard InChI is InChI=1S/C44H50F3N7O7/c45-44(46,47)32-3-1-2-30(23-32)40(57)50-43-48-36-22-29(6-11-37(36)54(43)33-7-4-28(27-55)5-8-33)25-52-16-14-51(15-17-52)18-19-60-20-21-61-34-9-10-35-31(24-34)26-53(42(35)59)38-12-13-39(56)49-41(38)58/h1-3,6,9-11,22-24,28,33,38,55H,4-5,7-8,12-21,25-27H2,(H,48,50,57)(H,49,56,58). The fraction of sp³-hybridized carbons (Fsp3) is 0.477. The second-order valence-electron chi connectivity index (χ2n) is 16.3. The van der Waals surface area contributed by atoms with Crippen LogP contribution in [0.4, 0.5) is 19.1 Å². The Hall–Kier alpha value is -5.36. The van der Waals surface area contributed by atoms with Crippen LogP contribution in [0.2, 0.25) is 0 Å². The number of piperidine rings is 1. The summed E-state index contributed by atoms with van der Waals surface area (Å²) in [5, 5.41) is 14.8.